The Balaban J connectivity index is 2.85. The number of aliphatic carboxylic acids is 1. The number of urea groups is 1. The average Bonchev–Trinajstić information content (AvgIpc) is 2.37. The molecule has 6 nitrogen and oxygen atoms in total. The van der Waals surface area contributed by atoms with Crippen LogP contribution in [0.3, 0.4) is 0 Å². The van der Waals surface area contributed by atoms with Gasteiger partial charge in [0.2, 0.25) is 0 Å². The summed E-state index contributed by atoms with van der Waals surface area (Å²) in [6.45, 7) is 3.25. The number of aromatic hydroxyl groups is 1. The van der Waals surface area contributed by atoms with Gasteiger partial charge in [0.05, 0.1) is 0 Å². The number of anilines is 1. The van der Waals surface area contributed by atoms with Gasteiger partial charge in [-0.25, -0.2) is 4.79 Å². The van der Waals surface area contributed by atoms with E-state index in [9.17, 15) is 14.7 Å². The lowest BCUT2D eigenvalue weighted by Gasteiger charge is -2.26. The molecule has 0 radical (unpaired) electrons. The van der Waals surface area contributed by atoms with E-state index in [2.05, 4.69) is 6.58 Å². The number of nitrogens with zero attached hydrogens (tertiary/aromatic N) is 2. The highest BCUT2D eigenvalue weighted by Crippen LogP contribution is 2.18. The third-order valence-electron chi connectivity index (χ3n) is 2.47. The van der Waals surface area contributed by atoms with E-state index in [1.807, 2.05) is 0 Å². The average molecular weight is 264 g/mol. The Hall–Kier alpha value is -2.50. The van der Waals surface area contributed by atoms with Gasteiger partial charge in [-0.15, -0.1) is 6.58 Å². The second kappa shape index (κ2) is 6.44. The van der Waals surface area contributed by atoms with E-state index in [-0.39, 0.29) is 12.3 Å². The lowest BCUT2D eigenvalue weighted by molar-refractivity contribution is -0.137. The first-order valence-corrected chi connectivity index (χ1v) is 5.60. The highest BCUT2D eigenvalue weighted by Gasteiger charge is 2.20. The van der Waals surface area contributed by atoms with Crippen LogP contribution < -0.4 is 4.90 Å². The smallest absolute Gasteiger partial charge is 0.325 e. The summed E-state index contributed by atoms with van der Waals surface area (Å²) in [4.78, 5) is 25.3. The number of carboxylic acids is 1. The van der Waals surface area contributed by atoms with Gasteiger partial charge in [-0.1, -0.05) is 6.08 Å². The van der Waals surface area contributed by atoms with Crippen LogP contribution in [0.5, 0.6) is 5.75 Å². The SMILES string of the molecule is C=CCN(CC(=O)O)C(=O)N(C)c1ccc(O)cc1. The first kappa shape index (κ1) is 14.6. The Morgan fingerprint density at radius 1 is 1.32 bits per heavy atom. The van der Waals surface area contributed by atoms with Crippen molar-refractivity contribution in [2.24, 2.45) is 0 Å². The molecule has 1 rings (SSSR count). The molecule has 6 heteroatoms. The molecule has 0 bridgehead atoms. The van der Waals surface area contributed by atoms with Crippen LogP contribution in [0.4, 0.5) is 10.5 Å². The zero-order chi connectivity index (χ0) is 14.4. The van der Waals surface area contributed by atoms with Crippen molar-refractivity contribution in [3.8, 4) is 5.75 Å². The number of amides is 2. The molecule has 0 heterocycles. The summed E-state index contributed by atoms with van der Waals surface area (Å²) in [5, 5.41) is 18.0. The summed E-state index contributed by atoms with van der Waals surface area (Å²) < 4.78 is 0. The molecule has 0 atom stereocenters. The Labute approximate surface area is 111 Å². The summed E-state index contributed by atoms with van der Waals surface area (Å²) >= 11 is 0. The topological polar surface area (TPSA) is 81.1 Å². The van der Waals surface area contributed by atoms with Gasteiger partial charge in [0, 0.05) is 19.3 Å². The number of phenols is 1. The standard InChI is InChI=1S/C13H16N2O4/c1-3-8-15(9-12(17)18)13(19)14(2)10-4-6-11(16)7-5-10/h3-7,16H,1,8-9H2,2H3,(H,17,18). The van der Waals surface area contributed by atoms with Gasteiger partial charge in [0.15, 0.2) is 0 Å². The lowest BCUT2D eigenvalue weighted by atomic mass is 10.3. The molecule has 0 saturated heterocycles. The molecule has 0 fully saturated rings. The molecule has 0 saturated carbocycles. The van der Waals surface area contributed by atoms with Crippen LogP contribution in [0.15, 0.2) is 36.9 Å². The van der Waals surface area contributed by atoms with Crippen molar-refractivity contribution < 1.29 is 19.8 Å². The van der Waals surface area contributed by atoms with Crippen LogP contribution in [0.1, 0.15) is 0 Å². The predicted molar refractivity (Wildman–Crippen MR) is 71.3 cm³/mol. The van der Waals surface area contributed by atoms with E-state index in [1.54, 1.807) is 12.1 Å². The Morgan fingerprint density at radius 3 is 2.37 bits per heavy atom. The largest absolute Gasteiger partial charge is 0.508 e. The maximum absolute atomic E-state index is 12.1. The molecule has 102 valence electrons. The minimum atomic E-state index is -1.09. The van der Waals surface area contributed by atoms with Gasteiger partial charge in [-0.3, -0.25) is 9.69 Å². The van der Waals surface area contributed by atoms with Crippen molar-refractivity contribution in [2.75, 3.05) is 25.0 Å². The molecule has 1 aromatic rings. The number of phenolic OH excluding ortho intramolecular Hbond substituents is 1. The molecule has 2 amide bonds. The van der Waals surface area contributed by atoms with E-state index >= 15 is 0 Å². The molecule has 0 aliphatic carbocycles. The van der Waals surface area contributed by atoms with Crippen LogP contribution in [0.25, 0.3) is 0 Å². The highest BCUT2D eigenvalue weighted by atomic mass is 16.4. The molecule has 19 heavy (non-hydrogen) atoms. The van der Waals surface area contributed by atoms with Crippen LogP contribution >= 0.6 is 0 Å². The highest BCUT2D eigenvalue weighted by molar-refractivity contribution is 5.93. The first-order chi connectivity index (χ1) is 8.95. The predicted octanol–water partition coefficient (Wildman–Crippen LogP) is 1.52. The van der Waals surface area contributed by atoms with E-state index < -0.39 is 18.5 Å². The third kappa shape index (κ3) is 4.02. The number of rotatable bonds is 5. The van der Waals surface area contributed by atoms with Crippen LogP contribution in [0.2, 0.25) is 0 Å². The molecule has 2 N–H and O–H groups in total. The number of carbonyl (C=O) groups is 2. The van der Waals surface area contributed by atoms with E-state index in [1.165, 1.54) is 30.2 Å². The van der Waals surface area contributed by atoms with Crippen molar-refractivity contribution >= 4 is 17.7 Å². The van der Waals surface area contributed by atoms with Gasteiger partial charge in [-0.05, 0) is 24.3 Å². The van der Waals surface area contributed by atoms with Crippen molar-refractivity contribution in [2.45, 2.75) is 0 Å². The lowest BCUT2D eigenvalue weighted by Crippen LogP contribution is -2.43. The van der Waals surface area contributed by atoms with Crippen molar-refractivity contribution in [3.05, 3.63) is 36.9 Å². The fraction of sp³-hybridized carbons (Fsp3) is 0.231. The van der Waals surface area contributed by atoms with Crippen molar-refractivity contribution in [1.29, 1.82) is 0 Å². The van der Waals surface area contributed by atoms with Gasteiger partial charge in [0.1, 0.15) is 12.3 Å². The molecule has 0 spiro atoms. The third-order valence-corrected chi connectivity index (χ3v) is 2.47. The van der Waals surface area contributed by atoms with Crippen molar-refractivity contribution in [1.82, 2.24) is 4.90 Å². The molecular weight excluding hydrogens is 248 g/mol. The minimum absolute atomic E-state index is 0.0954. The summed E-state index contributed by atoms with van der Waals surface area (Å²) in [6, 6.07) is 5.59. The van der Waals surface area contributed by atoms with Gasteiger partial charge in [-0.2, -0.15) is 0 Å². The molecule has 1 aromatic carbocycles. The normalized spacial score (nSPS) is 9.74. The summed E-state index contributed by atoms with van der Waals surface area (Å²) in [7, 11) is 1.53. The number of carbonyl (C=O) groups excluding carboxylic acids is 1. The molecule has 0 aromatic heterocycles. The van der Waals surface area contributed by atoms with Gasteiger partial charge >= 0.3 is 12.0 Å². The fourth-order valence-electron chi connectivity index (χ4n) is 1.53. The van der Waals surface area contributed by atoms with E-state index in [0.717, 1.165) is 4.90 Å². The summed E-state index contributed by atoms with van der Waals surface area (Å²) in [5.74, 6) is -0.993. The number of hydrogen-bond donors (Lipinski definition) is 2. The number of benzene rings is 1. The number of hydrogen-bond acceptors (Lipinski definition) is 3. The monoisotopic (exact) mass is 264 g/mol. The molecule has 0 unspecified atom stereocenters. The molecular formula is C13H16N2O4. The maximum atomic E-state index is 12.1. The summed E-state index contributed by atoms with van der Waals surface area (Å²) in [6.07, 6.45) is 1.46. The Bertz CT molecular complexity index is 470. The maximum Gasteiger partial charge on any atom is 0.325 e. The Kier molecular flexibility index (Phi) is 4.93. The fourth-order valence-corrected chi connectivity index (χ4v) is 1.53. The second-order valence-corrected chi connectivity index (χ2v) is 3.92. The molecule has 0 aliphatic rings. The Morgan fingerprint density at radius 2 is 1.89 bits per heavy atom. The van der Waals surface area contributed by atoms with Crippen LogP contribution in [-0.4, -0.2) is 47.3 Å². The number of carboxylic acid groups (broad SMARTS) is 1. The minimum Gasteiger partial charge on any atom is -0.508 e. The zero-order valence-corrected chi connectivity index (χ0v) is 10.6. The first-order valence-electron chi connectivity index (χ1n) is 5.60. The van der Waals surface area contributed by atoms with Gasteiger partial charge in [0.25, 0.3) is 0 Å². The summed E-state index contributed by atoms with van der Waals surface area (Å²) in [5.41, 5.74) is 0.558. The quantitative estimate of drug-likeness (QED) is 0.790. The molecule has 0 aliphatic heterocycles. The van der Waals surface area contributed by atoms with Crippen molar-refractivity contribution in [3.63, 3.8) is 0 Å². The van der Waals surface area contributed by atoms with Crippen LogP contribution in [0, 0.1) is 0 Å². The van der Waals surface area contributed by atoms with E-state index in [0.29, 0.717) is 5.69 Å². The zero-order valence-electron chi connectivity index (χ0n) is 10.6. The van der Waals surface area contributed by atoms with Gasteiger partial charge < -0.3 is 15.1 Å². The van der Waals surface area contributed by atoms with E-state index in [4.69, 9.17) is 5.11 Å². The van der Waals surface area contributed by atoms with Crippen LogP contribution in [-0.2, 0) is 4.79 Å². The second-order valence-electron chi connectivity index (χ2n) is 3.92.